The average molecular weight is 1660 g/mol. The monoisotopic (exact) mass is 1660 g/mol. The van der Waals surface area contributed by atoms with Crippen LogP contribution in [0, 0.1) is 0 Å². The van der Waals surface area contributed by atoms with Crippen molar-refractivity contribution in [1.82, 2.24) is 19.6 Å². The normalized spacial score (nSPS) is 12.6. The van der Waals surface area contributed by atoms with Gasteiger partial charge in [-0.25, -0.2) is 0 Å². The summed E-state index contributed by atoms with van der Waals surface area (Å²) in [4.78, 5) is 85.9. The smallest absolute Gasteiger partial charge is 0.307 e. The fraction of sp³-hybridized carbons (Fsp3) is 0.824. The molecular weight excluding hydrogens is 1470 g/mol. The summed E-state index contributed by atoms with van der Waals surface area (Å²) < 4.78 is 35.0. The minimum Gasteiger partial charge on any atom is -0.466 e. The number of esters is 6. The van der Waals surface area contributed by atoms with Crippen LogP contribution >= 0.6 is 0 Å². The Labute approximate surface area is 726 Å². The van der Waals surface area contributed by atoms with Gasteiger partial charge in [0.1, 0.15) is 18.3 Å². The molecule has 0 aromatic carbocycles. The van der Waals surface area contributed by atoms with Crippen molar-refractivity contribution in [1.29, 1.82) is 0 Å². The molecule has 0 saturated carbocycles. The van der Waals surface area contributed by atoms with E-state index < -0.39 is 0 Å². The van der Waals surface area contributed by atoms with Gasteiger partial charge in [0.25, 0.3) is 0 Å². The van der Waals surface area contributed by atoms with Gasteiger partial charge in [-0.3, -0.25) is 33.7 Å². The highest BCUT2D eigenvalue weighted by Gasteiger charge is 2.19. The number of nitrogens with zero attached hydrogens (tertiary/aromatic N) is 4. The van der Waals surface area contributed by atoms with Crippen LogP contribution in [0.15, 0.2) is 74.4 Å². The minimum absolute atomic E-state index is 0.0217. The van der Waals surface area contributed by atoms with E-state index in [0.29, 0.717) is 78.0 Å². The van der Waals surface area contributed by atoms with E-state index in [2.05, 4.69) is 118 Å². The molecule has 0 radical (unpaired) electrons. The number of unbranched alkanes of at least 4 members (excludes halogenated alkanes) is 42. The van der Waals surface area contributed by atoms with E-state index in [1.54, 1.807) is 0 Å². The number of hydrogen-bond acceptors (Lipinski definition) is 16. The molecule has 0 N–H and O–H groups in total. The summed E-state index contributed by atoms with van der Waals surface area (Å²) in [7, 11) is 6.20. The zero-order chi connectivity index (χ0) is 86.1. The molecule has 3 atom stereocenters. The number of allylic oxidation sites excluding steroid dienone is 6. The molecule has 0 aliphatic heterocycles. The van der Waals surface area contributed by atoms with E-state index in [9.17, 15) is 28.8 Å². The lowest BCUT2D eigenvalue weighted by Gasteiger charge is -2.29. The van der Waals surface area contributed by atoms with E-state index in [0.717, 1.165) is 251 Å². The molecule has 0 aliphatic carbocycles. The zero-order valence-corrected chi connectivity index (χ0v) is 77.8. The van der Waals surface area contributed by atoms with Crippen molar-refractivity contribution in [2.24, 2.45) is 0 Å². The van der Waals surface area contributed by atoms with Gasteiger partial charge in [0, 0.05) is 97.4 Å². The number of likely N-dealkylation sites (N-methyl/N-ethyl adjacent to an activating group) is 3. The van der Waals surface area contributed by atoms with Crippen molar-refractivity contribution in [3.63, 3.8) is 0 Å². The highest BCUT2D eigenvalue weighted by molar-refractivity contribution is 5.71. The van der Waals surface area contributed by atoms with E-state index in [-0.39, 0.29) is 54.1 Å². The molecule has 0 spiro atoms. The molecule has 0 fully saturated rings. The molecular formula is C102H186N4O12. The minimum atomic E-state index is -0.151. The van der Waals surface area contributed by atoms with E-state index >= 15 is 0 Å². The zero-order valence-electron chi connectivity index (χ0n) is 77.8. The maximum Gasteiger partial charge on any atom is 0.307 e. The van der Waals surface area contributed by atoms with Gasteiger partial charge in [-0.05, 0) is 175 Å². The first-order valence-electron chi connectivity index (χ1n) is 49.3. The van der Waals surface area contributed by atoms with Crippen molar-refractivity contribution in [3.05, 3.63) is 74.4 Å². The average Bonchev–Trinajstić information content (AvgIpc) is 0.608. The first-order chi connectivity index (χ1) is 57.7. The van der Waals surface area contributed by atoms with Crippen LogP contribution in [0.3, 0.4) is 0 Å². The second kappa shape index (κ2) is 89.8. The first kappa shape index (κ1) is 113. The Morgan fingerprint density at radius 1 is 0.246 bits per heavy atom. The van der Waals surface area contributed by atoms with Gasteiger partial charge in [-0.15, -0.1) is 19.7 Å². The van der Waals surface area contributed by atoms with Crippen molar-refractivity contribution in [2.45, 2.75) is 444 Å². The van der Waals surface area contributed by atoms with Gasteiger partial charge in [0.2, 0.25) is 0 Å². The first-order valence-corrected chi connectivity index (χ1v) is 49.3. The fourth-order valence-corrected chi connectivity index (χ4v) is 14.6. The summed E-state index contributed by atoms with van der Waals surface area (Å²) in [5.74, 6) is -0.577. The summed E-state index contributed by atoms with van der Waals surface area (Å²) in [5.41, 5.74) is 0. The van der Waals surface area contributed by atoms with Gasteiger partial charge in [0.15, 0.2) is 0 Å². The summed E-state index contributed by atoms with van der Waals surface area (Å²) >= 11 is 0. The van der Waals surface area contributed by atoms with Crippen molar-refractivity contribution < 1.29 is 57.2 Å². The molecule has 118 heavy (non-hydrogen) atoms. The topological polar surface area (TPSA) is 171 Å². The number of rotatable bonds is 93. The summed E-state index contributed by atoms with van der Waals surface area (Å²) in [6.45, 7) is 26.1. The second-order valence-corrected chi connectivity index (χ2v) is 34.2. The fourth-order valence-electron chi connectivity index (χ4n) is 14.6. The Morgan fingerprint density at radius 2 is 0.475 bits per heavy atom. The number of hydrogen-bond donors (Lipinski definition) is 0. The maximum atomic E-state index is 12.9. The molecule has 0 amide bonds. The van der Waals surface area contributed by atoms with Crippen LogP contribution in [0.25, 0.3) is 0 Å². The maximum absolute atomic E-state index is 12.9. The second-order valence-electron chi connectivity index (χ2n) is 34.2. The van der Waals surface area contributed by atoms with Crippen molar-refractivity contribution in [2.75, 3.05) is 99.9 Å². The SMILES string of the molecule is C=CCCCCCCCC(=O)OC(C/C=C\CCCCCCCCOC(=O)CCN(C)CCN(CCN(C)CCC(=O)OCCCCCCCC/C=C\CC(CCCCCC)OC(=O)CCCCCCCC=C)CCN(C)CCC(=O)OCCCCCCCC/C=C\CC(CCCCCC)OC(=O)CCCCCCCC=C)CCCCCC. The summed E-state index contributed by atoms with van der Waals surface area (Å²) in [6.07, 6.45) is 83.9. The lowest BCUT2D eigenvalue weighted by atomic mass is 10.1. The van der Waals surface area contributed by atoms with Crippen molar-refractivity contribution in [3.8, 4) is 0 Å². The summed E-state index contributed by atoms with van der Waals surface area (Å²) in [5, 5.41) is 0. The van der Waals surface area contributed by atoms with Gasteiger partial charge in [-0.1, -0.05) is 268 Å². The Morgan fingerprint density at radius 3 is 0.729 bits per heavy atom. The van der Waals surface area contributed by atoms with E-state index in [1.807, 2.05) is 18.2 Å². The van der Waals surface area contributed by atoms with E-state index in [1.165, 1.54) is 154 Å². The molecule has 0 aromatic rings. The molecule has 0 rings (SSSR count). The quantitative estimate of drug-likeness (QED) is 0.0244. The van der Waals surface area contributed by atoms with Gasteiger partial charge in [0.05, 0.1) is 39.1 Å². The number of carbonyl (C=O) groups excluding carboxylic acids is 6. The lowest BCUT2D eigenvalue weighted by Crippen LogP contribution is -2.42. The highest BCUT2D eigenvalue weighted by atomic mass is 16.6. The van der Waals surface area contributed by atoms with Crippen LogP contribution in [-0.2, 0) is 57.2 Å². The third kappa shape index (κ3) is 83.4. The predicted octanol–water partition coefficient (Wildman–Crippen LogP) is 26.3. The lowest BCUT2D eigenvalue weighted by molar-refractivity contribution is -0.150. The van der Waals surface area contributed by atoms with E-state index in [4.69, 9.17) is 28.4 Å². The number of ether oxygens (including phenoxy) is 6. The molecule has 0 aliphatic rings. The summed E-state index contributed by atoms with van der Waals surface area (Å²) in [6, 6.07) is 0. The van der Waals surface area contributed by atoms with Crippen LogP contribution in [-0.4, -0.2) is 174 Å². The van der Waals surface area contributed by atoms with Crippen LogP contribution in [0.2, 0.25) is 0 Å². The van der Waals surface area contributed by atoms with Gasteiger partial charge in [-0.2, -0.15) is 0 Å². The van der Waals surface area contributed by atoms with Crippen LogP contribution in [0.5, 0.6) is 0 Å². The molecule has 0 aromatic heterocycles. The Balaban J connectivity index is 5.05. The Hall–Kier alpha value is -4.90. The molecule has 0 saturated heterocycles. The molecule has 16 nitrogen and oxygen atoms in total. The number of carbonyl (C=O) groups is 6. The Bertz CT molecular complexity index is 2160. The highest BCUT2D eigenvalue weighted by Crippen LogP contribution is 2.21. The standard InChI is InChI=1S/C102H186N4O12/c1-10-16-22-28-40-52-64-76-100(110)116-94(70-58-25-19-13-4)73-61-49-43-34-31-37-46-55-67-91-113-97(107)79-82-103(7)85-88-106(89-86-104(8)83-80-98(108)114-92-68-56-47-38-32-35-44-50-62-74-95(71-59-26-20-14-5)117-101(111)77-65-53-41-29-23-17-11-2)90-87-105(9)84-81-99(109)115-93-69-57-48-39-33-36-45-51-63-75-96(72-60-27-21-15-6)118-102(112)78-66-54-42-30-24-18-12-3/h10-12,49-51,61-63,94-96H,1-3,13-48,52-60,64-93H2,4-9H3/b61-49-,62-50-,63-51-. The van der Waals surface area contributed by atoms with Gasteiger partial charge >= 0.3 is 35.8 Å². The third-order valence-corrected chi connectivity index (χ3v) is 22.7. The molecule has 16 heteroatoms. The van der Waals surface area contributed by atoms with Crippen LogP contribution in [0.1, 0.15) is 425 Å². The van der Waals surface area contributed by atoms with Crippen molar-refractivity contribution >= 4 is 35.8 Å². The van der Waals surface area contributed by atoms with Crippen LogP contribution in [0.4, 0.5) is 0 Å². The third-order valence-electron chi connectivity index (χ3n) is 22.7. The van der Waals surface area contributed by atoms with Gasteiger partial charge < -0.3 is 43.1 Å². The molecule has 0 bridgehead atoms. The largest absolute Gasteiger partial charge is 0.466 e. The molecule has 3 unspecified atom stereocenters. The molecule has 0 heterocycles. The van der Waals surface area contributed by atoms with Crippen LogP contribution < -0.4 is 0 Å². The molecule has 686 valence electrons. The predicted molar refractivity (Wildman–Crippen MR) is 497 cm³/mol. The Kier molecular flexibility index (Phi) is 86.1.